The van der Waals surface area contributed by atoms with Crippen molar-refractivity contribution >= 4 is 21.8 Å². The molecule has 120 valence electrons. The molecule has 2 rings (SSSR count). The molecule has 0 aromatic heterocycles. The van der Waals surface area contributed by atoms with Crippen molar-refractivity contribution in [3.63, 3.8) is 0 Å². The highest BCUT2D eigenvalue weighted by Gasteiger charge is 2.45. The molecule has 0 spiro atoms. The van der Waals surface area contributed by atoms with E-state index in [0.717, 1.165) is 4.31 Å². The van der Waals surface area contributed by atoms with Crippen LogP contribution in [-0.4, -0.2) is 48.6 Å². The molecular formula is C15H20N2O4S. The zero-order valence-electron chi connectivity index (χ0n) is 12.7. The summed E-state index contributed by atoms with van der Waals surface area (Å²) in [6.07, 6.45) is 0.309. The van der Waals surface area contributed by atoms with Crippen LogP contribution in [0.25, 0.3) is 0 Å². The van der Waals surface area contributed by atoms with Crippen molar-refractivity contribution in [2.24, 2.45) is 0 Å². The van der Waals surface area contributed by atoms with Crippen LogP contribution in [0.2, 0.25) is 0 Å². The van der Waals surface area contributed by atoms with E-state index in [2.05, 4.69) is 0 Å². The van der Waals surface area contributed by atoms with Crippen molar-refractivity contribution in [2.45, 2.75) is 37.6 Å². The molecule has 1 aliphatic heterocycles. The summed E-state index contributed by atoms with van der Waals surface area (Å²) in [7, 11) is -4.00. The van der Waals surface area contributed by atoms with Crippen LogP contribution in [0.4, 0.5) is 0 Å². The minimum absolute atomic E-state index is 0.0302. The van der Waals surface area contributed by atoms with Gasteiger partial charge in [0.2, 0.25) is 11.8 Å². The van der Waals surface area contributed by atoms with Crippen molar-refractivity contribution in [3.05, 3.63) is 30.3 Å². The van der Waals surface area contributed by atoms with Crippen molar-refractivity contribution in [2.75, 3.05) is 13.1 Å². The maximum absolute atomic E-state index is 12.7. The van der Waals surface area contributed by atoms with Gasteiger partial charge in [-0.25, -0.2) is 12.7 Å². The van der Waals surface area contributed by atoms with Crippen LogP contribution < -0.4 is 0 Å². The summed E-state index contributed by atoms with van der Waals surface area (Å²) >= 11 is 0. The fourth-order valence-electron chi connectivity index (χ4n) is 2.64. The first kappa shape index (κ1) is 16.5. The summed E-state index contributed by atoms with van der Waals surface area (Å²) in [5.74, 6) is -0.829. The highest BCUT2D eigenvalue weighted by Crippen LogP contribution is 2.28. The van der Waals surface area contributed by atoms with Crippen molar-refractivity contribution in [1.82, 2.24) is 9.21 Å². The SMILES string of the molecule is CCN(CC)C(=O)C1CCC(=O)N1S(=O)(=O)c1ccccc1. The highest BCUT2D eigenvalue weighted by atomic mass is 32.2. The number of carbonyl (C=O) groups excluding carboxylic acids is 2. The van der Waals surface area contributed by atoms with Gasteiger partial charge < -0.3 is 4.90 Å². The molecule has 1 saturated heterocycles. The number of hydrogen-bond acceptors (Lipinski definition) is 4. The van der Waals surface area contributed by atoms with Gasteiger partial charge in [0, 0.05) is 19.5 Å². The Morgan fingerprint density at radius 1 is 1.23 bits per heavy atom. The van der Waals surface area contributed by atoms with Gasteiger partial charge in [-0.2, -0.15) is 0 Å². The van der Waals surface area contributed by atoms with Crippen LogP contribution in [0.15, 0.2) is 35.2 Å². The van der Waals surface area contributed by atoms with Crippen LogP contribution in [0.5, 0.6) is 0 Å². The topological polar surface area (TPSA) is 74.8 Å². The number of likely N-dealkylation sites (N-methyl/N-ethyl adjacent to an activating group) is 1. The predicted octanol–water partition coefficient (Wildman–Crippen LogP) is 1.23. The summed E-state index contributed by atoms with van der Waals surface area (Å²) in [6, 6.07) is 6.81. The van der Waals surface area contributed by atoms with Crippen LogP contribution in [0, 0.1) is 0 Å². The quantitative estimate of drug-likeness (QED) is 0.816. The normalized spacial score (nSPS) is 18.5. The highest BCUT2D eigenvalue weighted by molar-refractivity contribution is 7.89. The standard InChI is InChI=1S/C15H20N2O4S/c1-3-16(4-2)15(19)13-10-11-14(18)17(13)22(20,21)12-8-6-5-7-9-12/h5-9,13H,3-4,10-11H2,1-2H3. The zero-order valence-corrected chi connectivity index (χ0v) is 13.5. The Morgan fingerprint density at radius 2 is 1.82 bits per heavy atom. The fraction of sp³-hybridized carbons (Fsp3) is 0.467. The first-order valence-electron chi connectivity index (χ1n) is 7.34. The van der Waals surface area contributed by atoms with E-state index in [1.807, 2.05) is 13.8 Å². The van der Waals surface area contributed by atoms with Crippen molar-refractivity contribution in [3.8, 4) is 0 Å². The third-order valence-corrected chi connectivity index (χ3v) is 5.66. The van der Waals surface area contributed by atoms with Crippen molar-refractivity contribution < 1.29 is 18.0 Å². The van der Waals surface area contributed by atoms with Gasteiger partial charge in [0.05, 0.1) is 4.90 Å². The number of sulfonamides is 1. The van der Waals surface area contributed by atoms with Gasteiger partial charge in [0.1, 0.15) is 6.04 Å². The molecule has 1 aromatic rings. The maximum atomic E-state index is 12.7. The second kappa shape index (κ2) is 6.48. The van der Waals surface area contributed by atoms with E-state index in [-0.39, 0.29) is 23.6 Å². The Bertz CT molecular complexity index is 653. The smallest absolute Gasteiger partial charge is 0.267 e. The molecule has 7 heteroatoms. The number of carbonyl (C=O) groups is 2. The minimum Gasteiger partial charge on any atom is -0.341 e. The minimum atomic E-state index is -4.00. The molecule has 1 fully saturated rings. The van der Waals surface area contributed by atoms with E-state index < -0.39 is 22.0 Å². The Hall–Kier alpha value is -1.89. The Morgan fingerprint density at radius 3 is 2.36 bits per heavy atom. The summed E-state index contributed by atoms with van der Waals surface area (Å²) in [4.78, 5) is 26.2. The van der Waals surface area contributed by atoms with Crippen LogP contribution in [-0.2, 0) is 19.6 Å². The number of nitrogens with zero attached hydrogens (tertiary/aromatic N) is 2. The number of rotatable bonds is 5. The first-order chi connectivity index (χ1) is 10.4. The number of amides is 2. The van der Waals surface area contributed by atoms with E-state index in [1.165, 1.54) is 12.1 Å². The number of hydrogen-bond donors (Lipinski definition) is 0. The molecule has 1 unspecified atom stereocenters. The van der Waals surface area contributed by atoms with Crippen LogP contribution in [0.1, 0.15) is 26.7 Å². The van der Waals surface area contributed by atoms with Crippen molar-refractivity contribution in [1.29, 1.82) is 0 Å². The Balaban J connectivity index is 2.39. The van der Waals surface area contributed by atoms with E-state index in [9.17, 15) is 18.0 Å². The molecule has 1 heterocycles. The monoisotopic (exact) mass is 324 g/mol. The van der Waals surface area contributed by atoms with Crippen LogP contribution >= 0.6 is 0 Å². The fourth-order valence-corrected chi connectivity index (χ4v) is 4.26. The molecule has 0 N–H and O–H groups in total. The van der Waals surface area contributed by atoms with Gasteiger partial charge in [-0.05, 0) is 32.4 Å². The molecular weight excluding hydrogens is 304 g/mol. The predicted molar refractivity (Wildman–Crippen MR) is 81.4 cm³/mol. The third-order valence-electron chi connectivity index (χ3n) is 3.82. The van der Waals surface area contributed by atoms with Gasteiger partial charge in [-0.1, -0.05) is 18.2 Å². The van der Waals surface area contributed by atoms with E-state index in [0.29, 0.717) is 13.1 Å². The van der Waals surface area contributed by atoms with Gasteiger partial charge in [-0.15, -0.1) is 0 Å². The average molecular weight is 324 g/mol. The van der Waals surface area contributed by atoms with Gasteiger partial charge >= 0.3 is 0 Å². The Labute approximate surface area is 130 Å². The lowest BCUT2D eigenvalue weighted by Gasteiger charge is -2.28. The molecule has 6 nitrogen and oxygen atoms in total. The second-order valence-corrected chi connectivity index (χ2v) is 6.89. The lowest BCUT2D eigenvalue weighted by atomic mass is 10.2. The van der Waals surface area contributed by atoms with Gasteiger partial charge in [-0.3, -0.25) is 9.59 Å². The molecule has 2 amide bonds. The lowest BCUT2D eigenvalue weighted by molar-refractivity contribution is -0.137. The van der Waals surface area contributed by atoms with Gasteiger partial charge in [0.15, 0.2) is 0 Å². The molecule has 1 atom stereocenters. The molecule has 0 radical (unpaired) electrons. The van der Waals surface area contributed by atoms with E-state index >= 15 is 0 Å². The lowest BCUT2D eigenvalue weighted by Crippen LogP contribution is -2.48. The Kier molecular flexibility index (Phi) is 4.85. The third kappa shape index (κ3) is 2.85. The summed E-state index contributed by atoms with van der Waals surface area (Å²) in [6.45, 7) is 4.63. The zero-order chi connectivity index (χ0) is 16.3. The molecule has 1 aliphatic rings. The largest absolute Gasteiger partial charge is 0.341 e. The summed E-state index contributed by atoms with van der Waals surface area (Å²) < 4.78 is 26.2. The molecule has 0 aliphatic carbocycles. The molecule has 22 heavy (non-hydrogen) atoms. The molecule has 0 saturated carbocycles. The van der Waals surface area contributed by atoms with E-state index in [1.54, 1.807) is 23.1 Å². The molecule has 0 bridgehead atoms. The second-order valence-electron chi connectivity index (χ2n) is 5.07. The summed E-state index contributed by atoms with van der Waals surface area (Å²) in [5.41, 5.74) is 0. The maximum Gasteiger partial charge on any atom is 0.267 e. The first-order valence-corrected chi connectivity index (χ1v) is 8.78. The number of benzene rings is 1. The van der Waals surface area contributed by atoms with Crippen LogP contribution in [0.3, 0.4) is 0 Å². The summed E-state index contributed by atoms with van der Waals surface area (Å²) in [5, 5.41) is 0. The average Bonchev–Trinajstić information content (AvgIpc) is 2.91. The van der Waals surface area contributed by atoms with Gasteiger partial charge in [0.25, 0.3) is 10.0 Å². The molecule has 1 aromatic carbocycles. The van der Waals surface area contributed by atoms with E-state index in [4.69, 9.17) is 0 Å².